The van der Waals surface area contributed by atoms with E-state index in [1.807, 2.05) is 21.1 Å². The van der Waals surface area contributed by atoms with Crippen LogP contribution in [0.25, 0.3) is 0 Å². The Morgan fingerprint density at radius 1 is 0.333 bits per heavy atom. The number of ether oxygens (including phenoxy) is 2. The first kappa shape index (κ1) is 91.5. The lowest BCUT2D eigenvalue weighted by Gasteiger charge is -2.24. The molecule has 2 unspecified atom stereocenters. The molecular weight excluding hydrogens is 1170 g/mol. The van der Waals surface area contributed by atoms with Gasteiger partial charge in [0.2, 0.25) is 0 Å². The molecule has 0 amide bonds. The minimum absolute atomic E-state index is 0.0368. The minimum atomic E-state index is -4.39. The third-order valence-corrected chi connectivity index (χ3v) is 20.2. The number of quaternary nitrogens is 1. The molecule has 0 saturated carbocycles. The van der Waals surface area contributed by atoms with Gasteiger partial charge in [0.15, 0.2) is 6.10 Å². The van der Waals surface area contributed by atoms with Crippen LogP contribution in [0.2, 0.25) is 0 Å². The number of likely N-dealkylation sites (N-methyl/N-ethyl adjacent to an activating group) is 1. The van der Waals surface area contributed by atoms with Gasteiger partial charge in [-0.15, -0.1) is 0 Å². The predicted octanol–water partition coefficient (Wildman–Crippen LogP) is 27.6. The fourth-order valence-electron chi connectivity index (χ4n) is 12.9. The molecule has 0 fully saturated rings. The molecule has 0 aromatic carbocycles. The number of carbonyl (C=O) groups is 2. The highest BCUT2D eigenvalue weighted by atomic mass is 31.2. The van der Waals surface area contributed by atoms with E-state index in [1.165, 1.54) is 372 Å². The SMILES string of the molecule is CCCCCCC/C=C\C/C=C\CCCCCCCCCCCCCCCCCCCCCCCCCCCCCCCC(=O)OC(COC(=O)CCCCCCCCCCCCCCCCCCCCCCCCCCCCCC)COP(=O)(O)OCC[N+](C)(C)C. The van der Waals surface area contributed by atoms with Crippen molar-refractivity contribution < 1.29 is 42.1 Å². The van der Waals surface area contributed by atoms with E-state index in [1.54, 1.807) is 0 Å². The summed E-state index contributed by atoms with van der Waals surface area (Å²) < 4.78 is 34.9. The molecule has 0 saturated heterocycles. The summed E-state index contributed by atoms with van der Waals surface area (Å²) in [6, 6.07) is 0. The van der Waals surface area contributed by atoms with Crippen LogP contribution in [0.1, 0.15) is 444 Å². The molecule has 0 heterocycles. The molecule has 0 spiro atoms. The number of rotatable bonds is 79. The molecule has 0 aliphatic rings. The Hall–Kier alpha value is -1.51. The number of nitrogens with zero attached hydrogens (tertiary/aromatic N) is 1. The molecule has 0 radical (unpaired) electrons. The van der Waals surface area contributed by atoms with Crippen molar-refractivity contribution in [2.75, 3.05) is 47.5 Å². The Labute approximate surface area is 580 Å². The van der Waals surface area contributed by atoms with Crippen molar-refractivity contribution in [2.24, 2.45) is 0 Å². The van der Waals surface area contributed by atoms with Crippen molar-refractivity contribution in [1.29, 1.82) is 0 Å². The van der Waals surface area contributed by atoms with E-state index < -0.39 is 26.5 Å². The van der Waals surface area contributed by atoms with Gasteiger partial charge in [-0.05, 0) is 44.9 Å². The van der Waals surface area contributed by atoms with Gasteiger partial charge in [-0.3, -0.25) is 18.6 Å². The van der Waals surface area contributed by atoms with Crippen LogP contribution < -0.4 is 0 Å². The zero-order valence-corrected chi connectivity index (χ0v) is 64.2. The second-order valence-corrected chi connectivity index (χ2v) is 31.3. The summed E-state index contributed by atoms with van der Waals surface area (Å²) in [5.41, 5.74) is 0. The molecule has 0 rings (SSSR count). The van der Waals surface area contributed by atoms with E-state index >= 15 is 0 Å². The van der Waals surface area contributed by atoms with Crippen LogP contribution in [0, 0.1) is 0 Å². The highest BCUT2D eigenvalue weighted by Crippen LogP contribution is 2.43. The minimum Gasteiger partial charge on any atom is -0.462 e. The van der Waals surface area contributed by atoms with E-state index in [4.69, 9.17) is 18.5 Å². The van der Waals surface area contributed by atoms with Crippen molar-refractivity contribution in [3.8, 4) is 0 Å². The maximum absolute atomic E-state index is 12.9. The summed E-state index contributed by atoms with van der Waals surface area (Å²) in [5.74, 6) is -0.766. The summed E-state index contributed by atoms with van der Waals surface area (Å²) in [7, 11) is 1.51. The molecule has 0 aromatic rings. The molecular formula is C83H163NO8P+. The van der Waals surface area contributed by atoms with Crippen LogP contribution in [0.4, 0.5) is 0 Å². The van der Waals surface area contributed by atoms with Crippen LogP contribution in [0.3, 0.4) is 0 Å². The van der Waals surface area contributed by atoms with E-state index in [0.29, 0.717) is 17.4 Å². The molecule has 93 heavy (non-hydrogen) atoms. The molecule has 552 valence electrons. The number of esters is 2. The molecule has 0 bridgehead atoms. The van der Waals surface area contributed by atoms with Crippen molar-refractivity contribution in [3.63, 3.8) is 0 Å². The molecule has 10 heteroatoms. The van der Waals surface area contributed by atoms with Crippen molar-refractivity contribution in [2.45, 2.75) is 450 Å². The van der Waals surface area contributed by atoms with Gasteiger partial charge in [-0.25, -0.2) is 4.57 Å². The van der Waals surface area contributed by atoms with Crippen LogP contribution in [-0.4, -0.2) is 74.9 Å². The Kier molecular flexibility index (Phi) is 73.5. The molecule has 0 aliphatic heterocycles. The van der Waals surface area contributed by atoms with Crippen molar-refractivity contribution in [3.05, 3.63) is 24.3 Å². The van der Waals surface area contributed by atoms with Gasteiger partial charge in [-0.2, -0.15) is 0 Å². The Bertz CT molecular complexity index is 1610. The summed E-state index contributed by atoms with van der Waals surface area (Å²) in [6.45, 7) is 4.52. The second kappa shape index (κ2) is 74.7. The summed E-state index contributed by atoms with van der Waals surface area (Å²) in [4.78, 5) is 36.0. The predicted molar refractivity (Wildman–Crippen MR) is 404 cm³/mol. The lowest BCUT2D eigenvalue weighted by molar-refractivity contribution is -0.870. The highest BCUT2D eigenvalue weighted by Gasteiger charge is 2.27. The van der Waals surface area contributed by atoms with E-state index in [2.05, 4.69) is 38.2 Å². The van der Waals surface area contributed by atoms with Crippen molar-refractivity contribution in [1.82, 2.24) is 0 Å². The zero-order valence-electron chi connectivity index (χ0n) is 63.3. The summed E-state index contributed by atoms with van der Waals surface area (Å²) in [5, 5.41) is 0. The monoisotopic (exact) mass is 1330 g/mol. The van der Waals surface area contributed by atoms with Gasteiger partial charge in [0.05, 0.1) is 27.7 Å². The number of hydrogen-bond acceptors (Lipinski definition) is 7. The van der Waals surface area contributed by atoms with Gasteiger partial charge in [0.25, 0.3) is 0 Å². The number of unbranched alkanes of at least 4 members (excludes halogenated alkanes) is 61. The lowest BCUT2D eigenvalue weighted by Crippen LogP contribution is -2.37. The largest absolute Gasteiger partial charge is 0.472 e. The van der Waals surface area contributed by atoms with Gasteiger partial charge >= 0.3 is 19.8 Å². The Morgan fingerprint density at radius 2 is 0.581 bits per heavy atom. The van der Waals surface area contributed by atoms with Crippen LogP contribution in [0.15, 0.2) is 24.3 Å². The number of phosphoric ester groups is 1. The standard InChI is InChI=1S/C83H162NO8P/c1-6-8-10-12-14-16-18-20-22-24-26-28-30-32-34-36-37-38-39-40-41-42-43-44-45-46-47-48-50-52-54-56-58-60-62-64-66-68-70-72-74-76-83(86)92-81(80-91-93(87,88)90-78-77-84(3,4)5)79-89-82(85)75-73-71-69-67-65-63-61-59-57-55-53-51-49-35-33-31-29-27-25-23-21-19-17-15-13-11-9-7-2/h18,20,24,26,81H,6-17,19,21-23,25,27-80H2,1-5H3/p+1/b20-18-,26-24-. The second-order valence-electron chi connectivity index (χ2n) is 29.9. The molecule has 9 nitrogen and oxygen atoms in total. The average molecular weight is 1330 g/mol. The van der Waals surface area contributed by atoms with Crippen LogP contribution in [0.5, 0.6) is 0 Å². The first-order valence-electron chi connectivity index (χ1n) is 41.6. The molecule has 0 aromatic heterocycles. The molecule has 1 N–H and O–H groups in total. The number of phosphoric acid groups is 1. The topological polar surface area (TPSA) is 108 Å². The number of hydrogen-bond donors (Lipinski definition) is 1. The first-order chi connectivity index (χ1) is 45.5. The Morgan fingerprint density at radius 3 is 0.849 bits per heavy atom. The van der Waals surface area contributed by atoms with Crippen molar-refractivity contribution >= 4 is 19.8 Å². The maximum Gasteiger partial charge on any atom is 0.472 e. The smallest absolute Gasteiger partial charge is 0.462 e. The highest BCUT2D eigenvalue weighted by molar-refractivity contribution is 7.47. The third-order valence-electron chi connectivity index (χ3n) is 19.2. The van der Waals surface area contributed by atoms with Gasteiger partial charge in [0, 0.05) is 12.8 Å². The average Bonchev–Trinajstić information content (AvgIpc) is 2.30. The van der Waals surface area contributed by atoms with E-state index in [-0.39, 0.29) is 25.6 Å². The summed E-state index contributed by atoms with van der Waals surface area (Å²) >= 11 is 0. The van der Waals surface area contributed by atoms with E-state index in [0.717, 1.165) is 44.9 Å². The number of allylic oxidation sites excluding steroid dienone is 4. The fourth-order valence-corrected chi connectivity index (χ4v) is 13.6. The third kappa shape index (κ3) is 79.4. The molecule has 2 atom stereocenters. The normalized spacial score (nSPS) is 13.1. The Balaban J connectivity index is 3.85. The van der Waals surface area contributed by atoms with Gasteiger partial charge in [-0.1, -0.05) is 411 Å². The fraction of sp³-hybridized carbons (Fsp3) is 0.928. The lowest BCUT2D eigenvalue weighted by atomic mass is 10.0. The first-order valence-corrected chi connectivity index (χ1v) is 43.1. The van der Waals surface area contributed by atoms with E-state index in [9.17, 15) is 19.0 Å². The quantitative estimate of drug-likeness (QED) is 0.0211. The van der Waals surface area contributed by atoms with Gasteiger partial charge < -0.3 is 18.9 Å². The van der Waals surface area contributed by atoms with Gasteiger partial charge in [0.1, 0.15) is 19.8 Å². The van der Waals surface area contributed by atoms with Crippen LogP contribution in [-0.2, 0) is 32.7 Å². The zero-order chi connectivity index (χ0) is 67.6. The van der Waals surface area contributed by atoms with Crippen LogP contribution >= 0.6 is 7.82 Å². The number of carbonyl (C=O) groups excluding carboxylic acids is 2. The maximum atomic E-state index is 12.9. The molecule has 0 aliphatic carbocycles. The summed E-state index contributed by atoms with van der Waals surface area (Å²) in [6.07, 6.45) is 96.4.